The molecule has 1 unspecified atom stereocenters. The van der Waals surface area contributed by atoms with Gasteiger partial charge in [-0.05, 0) is 25.8 Å². The standard InChI is InChI=1S/C19H23ClN2O2S/c1-3-4-5-9-12-19(2,24-18(23)25)15-13-16(20)21-22-17(15)14-10-7-6-8-11-14/h6-8,10-11,13H,3-5,9,12H2,1-2H3,(H,23,25). The van der Waals surface area contributed by atoms with Crippen LogP contribution in [0.2, 0.25) is 5.15 Å². The van der Waals surface area contributed by atoms with Gasteiger partial charge in [0.25, 0.3) is 0 Å². The molecule has 6 heteroatoms. The summed E-state index contributed by atoms with van der Waals surface area (Å²) >= 11 is 10.9. The Morgan fingerprint density at radius 1 is 1.20 bits per heavy atom. The molecule has 4 nitrogen and oxygen atoms in total. The molecule has 1 aromatic heterocycles. The van der Waals surface area contributed by atoms with Crippen LogP contribution in [0.1, 0.15) is 51.5 Å². The first-order chi connectivity index (χ1) is 12.0. The highest BCUT2D eigenvalue weighted by molar-refractivity contribution is 7.79. The molecule has 0 saturated heterocycles. The van der Waals surface area contributed by atoms with Gasteiger partial charge in [0.1, 0.15) is 11.3 Å². The van der Waals surface area contributed by atoms with E-state index in [4.69, 9.17) is 28.6 Å². The van der Waals surface area contributed by atoms with Crippen molar-refractivity contribution in [1.82, 2.24) is 10.2 Å². The minimum Gasteiger partial charge on any atom is -0.472 e. The Kier molecular flexibility index (Phi) is 7.14. The number of hydrogen-bond donors (Lipinski definition) is 1. The molecule has 0 spiro atoms. The molecule has 0 radical (unpaired) electrons. The van der Waals surface area contributed by atoms with Crippen LogP contribution in [0.3, 0.4) is 0 Å². The minimum atomic E-state index is -0.829. The van der Waals surface area contributed by atoms with Crippen LogP contribution in [0, 0.1) is 0 Å². The van der Waals surface area contributed by atoms with Gasteiger partial charge in [0.15, 0.2) is 5.15 Å². The van der Waals surface area contributed by atoms with Crippen molar-refractivity contribution in [3.05, 3.63) is 47.1 Å². The van der Waals surface area contributed by atoms with E-state index in [-0.39, 0.29) is 5.15 Å². The average molecular weight is 379 g/mol. The van der Waals surface area contributed by atoms with Crippen molar-refractivity contribution in [1.29, 1.82) is 0 Å². The summed E-state index contributed by atoms with van der Waals surface area (Å²) in [7, 11) is 0. The second kappa shape index (κ2) is 9.11. The monoisotopic (exact) mass is 378 g/mol. The van der Waals surface area contributed by atoms with Gasteiger partial charge >= 0.3 is 5.24 Å². The van der Waals surface area contributed by atoms with Crippen LogP contribution in [0.5, 0.6) is 0 Å². The first-order valence-corrected chi connectivity index (χ1v) is 9.26. The molecule has 0 saturated carbocycles. The number of hydrogen-bond acceptors (Lipinski definition) is 4. The first kappa shape index (κ1) is 19.6. The zero-order chi connectivity index (χ0) is 18.3. The Labute approximate surface area is 159 Å². The Hall–Kier alpha value is -1.72. The molecular formula is C19H23ClN2O2S. The van der Waals surface area contributed by atoms with Crippen LogP contribution in [0.15, 0.2) is 36.4 Å². The highest BCUT2D eigenvalue weighted by Crippen LogP contribution is 2.38. The van der Waals surface area contributed by atoms with E-state index >= 15 is 0 Å². The van der Waals surface area contributed by atoms with Gasteiger partial charge in [-0.25, -0.2) is 0 Å². The highest BCUT2D eigenvalue weighted by atomic mass is 35.5. The largest absolute Gasteiger partial charge is 0.472 e. The van der Waals surface area contributed by atoms with E-state index < -0.39 is 10.8 Å². The maximum absolute atomic E-state index is 9.62. The molecule has 0 aliphatic rings. The van der Waals surface area contributed by atoms with Crippen molar-refractivity contribution in [2.24, 2.45) is 0 Å². The summed E-state index contributed by atoms with van der Waals surface area (Å²) in [6.07, 6.45) is 5.02. The Morgan fingerprint density at radius 3 is 2.56 bits per heavy atom. The van der Waals surface area contributed by atoms with Crippen LogP contribution in [-0.4, -0.2) is 20.5 Å². The molecule has 134 valence electrons. The van der Waals surface area contributed by atoms with Gasteiger partial charge in [-0.3, -0.25) is 0 Å². The topological polar surface area (TPSA) is 55.2 Å². The summed E-state index contributed by atoms with van der Waals surface area (Å²) < 4.78 is 5.68. The van der Waals surface area contributed by atoms with Crippen LogP contribution in [-0.2, 0) is 10.3 Å². The van der Waals surface area contributed by atoms with E-state index in [1.54, 1.807) is 6.07 Å². The molecule has 1 atom stereocenters. The fourth-order valence-electron chi connectivity index (χ4n) is 2.90. The summed E-state index contributed by atoms with van der Waals surface area (Å²) in [6, 6.07) is 11.5. The first-order valence-electron chi connectivity index (χ1n) is 8.47. The molecule has 0 amide bonds. The summed E-state index contributed by atoms with van der Waals surface area (Å²) in [5, 5.41) is 17.7. The molecule has 1 aromatic carbocycles. The second-order valence-corrected chi connectivity index (χ2v) is 6.94. The predicted octanol–water partition coefficient (Wildman–Crippen LogP) is 5.84. The molecule has 2 aromatic rings. The number of nitrogens with zero attached hydrogens (tertiary/aromatic N) is 2. The Morgan fingerprint density at radius 2 is 1.92 bits per heavy atom. The minimum absolute atomic E-state index is 0.280. The predicted molar refractivity (Wildman–Crippen MR) is 105 cm³/mol. The third kappa shape index (κ3) is 5.38. The lowest BCUT2D eigenvalue weighted by Crippen LogP contribution is -2.30. The molecular weight excluding hydrogens is 356 g/mol. The lowest BCUT2D eigenvalue weighted by Gasteiger charge is -2.31. The molecule has 1 N–H and O–H groups in total. The summed E-state index contributed by atoms with van der Waals surface area (Å²) in [4.78, 5) is 0. The lowest BCUT2D eigenvalue weighted by atomic mass is 9.87. The van der Waals surface area contributed by atoms with Gasteiger partial charge in [0, 0.05) is 23.3 Å². The number of aliphatic hydroxyl groups excluding tert-OH is 1. The number of rotatable bonds is 8. The highest BCUT2D eigenvalue weighted by Gasteiger charge is 2.33. The van der Waals surface area contributed by atoms with Crippen molar-refractivity contribution >= 4 is 29.1 Å². The number of ether oxygens (including phenoxy) is 1. The number of aromatic nitrogens is 2. The number of aliphatic hydroxyl groups is 1. The molecule has 2 rings (SSSR count). The van der Waals surface area contributed by atoms with Gasteiger partial charge in [0.05, 0.1) is 0 Å². The zero-order valence-corrected chi connectivity index (χ0v) is 16.1. The normalized spacial score (nSPS) is 13.2. The van der Waals surface area contributed by atoms with Crippen molar-refractivity contribution in [2.45, 2.75) is 51.6 Å². The molecule has 0 aliphatic heterocycles. The van der Waals surface area contributed by atoms with Crippen LogP contribution >= 0.6 is 23.8 Å². The Bertz CT molecular complexity index is 712. The third-order valence-electron chi connectivity index (χ3n) is 4.20. The van der Waals surface area contributed by atoms with Crippen molar-refractivity contribution < 1.29 is 9.84 Å². The quantitative estimate of drug-likeness (QED) is 0.461. The lowest BCUT2D eigenvalue weighted by molar-refractivity contribution is 0.0382. The number of unbranched alkanes of at least 4 members (excludes halogenated alkanes) is 3. The van der Waals surface area contributed by atoms with Crippen LogP contribution in [0.4, 0.5) is 0 Å². The van der Waals surface area contributed by atoms with Gasteiger partial charge in [-0.15, -0.1) is 10.2 Å². The fraction of sp³-hybridized carbons (Fsp3) is 0.421. The number of thiocarbonyl (C=S) groups is 1. The summed E-state index contributed by atoms with van der Waals surface area (Å²) in [5.74, 6) is 0. The molecule has 25 heavy (non-hydrogen) atoms. The second-order valence-electron chi connectivity index (χ2n) is 6.20. The Balaban J connectivity index is 2.44. The smallest absolute Gasteiger partial charge is 0.350 e. The number of halogens is 1. The SMILES string of the molecule is CCCCCCC(C)(OC(O)=S)c1cc(Cl)nnc1-c1ccccc1. The van der Waals surface area contributed by atoms with E-state index in [0.717, 1.165) is 36.8 Å². The van der Waals surface area contributed by atoms with Gasteiger partial charge in [0.2, 0.25) is 0 Å². The average Bonchev–Trinajstić information content (AvgIpc) is 2.59. The molecule has 0 fully saturated rings. The number of benzene rings is 1. The van der Waals surface area contributed by atoms with Gasteiger partial charge in [-0.1, -0.05) is 68.1 Å². The van der Waals surface area contributed by atoms with Crippen molar-refractivity contribution in [2.75, 3.05) is 0 Å². The van der Waals surface area contributed by atoms with Crippen molar-refractivity contribution in [3.63, 3.8) is 0 Å². The van der Waals surface area contributed by atoms with Crippen LogP contribution in [0.25, 0.3) is 11.3 Å². The fourth-order valence-corrected chi connectivity index (χ4v) is 3.23. The molecule has 0 bridgehead atoms. The van der Waals surface area contributed by atoms with E-state index in [2.05, 4.69) is 17.1 Å². The third-order valence-corrected chi connectivity index (χ3v) is 4.47. The zero-order valence-electron chi connectivity index (χ0n) is 14.5. The van der Waals surface area contributed by atoms with Crippen LogP contribution < -0.4 is 0 Å². The van der Waals surface area contributed by atoms with E-state index in [0.29, 0.717) is 12.1 Å². The molecule has 0 aliphatic carbocycles. The van der Waals surface area contributed by atoms with E-state index in [1.807, 2.05) is 37.3 Å². The summed E-state index contributed by atoms with van der Waals surface area (Å²) in [5.41, 5.74) is 1.53. The summed E-state index contributed by atoms with van der Waals surface area (Å²) in [6.45, 7) is 4.07. The van der Waals surface area contributed by atoms with Gasteiger partial charge < -0.3 is 9.84 Å². The van der Waals surface area contributed by atoms with Gasteiger partial charge in [-0.2, -0.15) is 0 Å². The maximum Gasteiger partial charge on any atom is 0.350 e. The molecule has 1 heterocycles. The van der Waals surface area contributed by atoms with Crippen molar-refractivity contribution in [3.8, 4) is 11.3 Å². The van der Waals surface area contributed by atoms with E-state index in [1.165, 1.54) is 0 Å². The van der Waals surface area contributed by atoms with E-state index in [9.17, 15) is 5.11 Å². The maximum atomic E-state index is 9.62.